The smallest absolute Gasteiger partial charge is 0.274 e. The minimum atomic E-state index is -0.137. The van der Waals surface area contributed by atoms with Crippen molar-refractivity contribution in [3.05, 3.63) is 45.3 Å². The summed E-state index contributed by atoms with van der Waals surface area (Å²) in [5.74, 6) is 0.997. The van der Waals surface area contributed by atoms with E-state index in [0.717, 1.165) is 4.47 Å². The number of ether oxygens (including phenoxy) is 1. The molecule has 1 atom stereocenters. The Kier molecular flexibility index (Phi) is 4.98. The first kappa shape index (κ1) is 15.5. The topological polar surface area (TPSA) is 82.2 Å². The second-order valence-corrected chi connectivity index (χ2v) is 5.68. The van der Waals surface area contributed by atoms with E-state index in [1.54, 1.807) is 37.5 Å². The number of rotatable bonds is 5. The molecule has 0 bridgehead atoms. The molecule has 112 valence electrons. The van der Waals surface area contributed by atoms with E-state index >= 15 is 0 Å². The molecule has 0 aliphatic rings. The highest BCUT2D eigenvalue weighted by Gasteiger charge is 2.06. The molecule has 7 heteroatoms. The summed E-state index contributed by atoms with van der Waals surface area (Å²) >= 11 is 3.36. The zero-order valence-electron chi connectivity index (χ0n) is 11.8. The normalized spacial score (nSPS) is 12.0. The number of hydrogen-bond donors (Lipinski definition) is 2. The maximum atomic E-state index is 12.0. The highest BCUT2D eigenvalue weighted by Crippen LogP contribution is 2.17. The number of nitrogens with zero attached hydrogens (tertiary/aromatic N) is 2. The van der Waals surface area contributed by atoms with E-state index in [2.05, 4.69) is 26.2 Å². The lowest BCUT2D eigenvalue weighted by Gasteiger charge is -2.10. The predicted octanol–water partition coefficient (Wildman–Crippen LogP) is 2.01. The molecule has 2 heterocycles. The first-order chi connectivity index (χ1) is 9.95. The second-order valence-electron chi connectivity index (χ2n) is 4.76. The molecule has 0 saturated heterocycles. The minimum Gasteiger partial charge on any atom is -0.476 e. The Morgan fingerprint density at radius 1 is 1.52 bits per heavy atom. The van der Waals surface area contributed by atoms with Crippen LogP contribution < -0.4 is 21.3 Å². The fourth-order valence-electron chi connectivity index (χ4n) is 1.68. The fraction of sp³-hybridized carbons (Fsp3) is 0.286. The fourth-order valence-corrected chi connectivity index (χ4v) is 2.22. The third kappa shape index (κ3) is 4.30. The van der Waals surface area contributed by atoms with Crippen LogP contribution in [0.15, 0.2) is 39.7 Å². The number of hydrogen-bond acceptors (Lipinski definition) is 5. The summed E-state index contributed by atoms with van der Waals surface area (Å²) in [5.41, 5.74) is 5.93. The van der Waals surface area contributed by atoms with E-state index < -0.39 is 0 Å². The summed E-state index contributed by atoms with van der Waals surface area (Å²) in [6.45, 7) is 2.24. The Balaban J connectivity index is 2.20. The number of nitrogens with one attached hydrogen (secondary N) is 1. The predicted molar refractivity (Wildman–Crippen MR) is 86.0 cm³/mol. The minimum absolute atomic E-state index is 0.0687. The lowest BCUT2D eigenvalue weighted by molar-refractivity contribution is 0.286. The molecule has 2 aromatic heterocycles. The SMILES string of the molecule is CC(N)COc1cccc(Nc2cc(Br)cn(C)c2=O)n1. The van der Waals surface area contributed by atoms with Crippen molar-refractivity contribution in [1.82, 2.24) is 9.55 Å². The molecule has 0 aromatic carbocycles. The van der Waals surface area contributed by atoms with Crippen molar-refractivity contribution >= 4 is 27.4 Å². The average Bonchev–Trinajstić information content (AvgIpc) is 2.42. The number of nitrogens with two attached hydrogens (primary N) is 1. The van der Waals surface area contributed by atoms with Gasteiger partial charge in [0.15, 0.2) is 0 Å². The molecule has 21 heavy (non-hydrogen) atoms. The molecule has 0 saturated carbocycles. The Morgan fingerprint density at radius 3 is 3.00 bits per heavy atom. The van der Waals surface area contributed by atoms with Crippen molar-refractivity contribution in [1.29, 1.82) is 0 Å². The van der Waals surface area contributed by atoms with Crippen molar-refractivity contribution in [2.45, 2.75) is 13.0 Å². The van der Waals surface area contributed by atoms with Gasteiger partial charge in [-0.1, -0.05) is 6.07 Å². The van der Waals surface area contributed by atoms with Gasteiger partial charge < -0.3 is 20.4 Å². The van der Waals surface area contributed by atoms with Crippen LogP contribution in [0.2, 0.25) is 0 Å². The summed E-state index contributed by atoms with van der Waals surface area (Å²) in [6.07, 6.45) is 1.70. The van der Waals surface area contributed by atoms with Crippen molar-refractivity contribution < 1.29 is 4.74 Å². The Bertz CT molecular complexity index is 685. The van der Waals surface area contributed by atoms with Crippen LogP contribution in [0.25, 0.3) is 0 Å². The van der Waals surface area contributed by atoms with Gasteiger partial charge in [-0.15, -0.1) is 0 Å². The highest BCUT2D eigenvalue weighted by molar-refractivity contribution is 9.10. The summed E-state index contributed by atoms with van der Waals surface area (Å²) in [5, 5.41) is 3.00. The van der Waals surface area contributed by atoms with Crippen molar-refractivity contribution in [2.24, 2.45) is 12.8 Å². The molecule has 0 amide bonds. The first-order valence-electron chi connectivity index (χ1n) is 6.44. The second kappa shape index (κ2) is 6.73. The van der Waals surface area contributed by atoms with Crippen LogP contribution >= 0.6 is 15.9 Å². The maximum Gasteiger partial charge on any atom is 0.274 e. The molecule has 3 N–H and O–H groups in total. The van der Waals surface area contributed by atoms with Crippen molar-refractivity contribution in [3.63, 3.8) is 0 Å². The molecule has 0 spiro atoms. The van der Waals surface area contributed by atoms with Gasteiger partial charge in [-0.05, 0) is 35.0 Å². The van der Waals surface area contributed by atoms with E-state index in [1.807, 2.05) is 6.92 Å². The van der Waals surface area contributed by atoms with Crippen LogP contribution in [0.3, 0.4) is 0 Å². The van der Waals surface area contributed by atoms with E-state index in [0.29, 0.717) is 24.0 Å². The van der Waals surface area contributed by atoms with Crippen molar-refractivity contribution in [2.75, 3.05) is 11.9 Å². The van der Waals surface area contributed by atoms with E-state index in [4.69, 9.17) is 10.5 Å². The van der Waals surface area contributed by atoms with E-state index in [9.17, 15) is 4.79 Å². The molecule has 2 aromatic rings. The number of aromatic nitrogens is 2. The summed E-state index contributed by atoms with van der Waals surface area (Å²) in [6, 6.07) is 6.94. The largest absolute Gasteiger partial charge is 0.476 e. The zero-order chi connectivity index (χ0) is 15.4. The van der Waals surface area contributed by atoms with Gasteiger partial charge in [-0.25, -0.2) is 0 Å². The molecule has 0 radical (unpaired) electrons. The molecule has 1 unspecified atom stereocenters. The van der Waals surface area contributed by atoms with E-state index in [1.165, 1.54) is 4.57 Å². The lowest BCUT2D eigenvalue weighted by Crippen LogP contribution is -2.24. The number of aryl methyl sites for hydroxylation is 1. The van der Waals surface area contributed by atoms with Crippen LogP contribution in [-0.2, 0) is 7.05 Å². The molecule has 0 aliphatic carbocycles. The standard InChI is InChI=1S/C14H17BrN4O2/c1-9(16)8-21-13-5-3-4-12(18-13)17-11-6-10(15)7-19(2)14(11)20/h3-7,9H,8,16H2,1-2H3,(H,17,18). The Morgan fingerprint density at radius 2 is 2.29 bits per heavy atom. The Hall–Kier alpha value is -1.86. The molecule has 2 rings (SSSR count). The molecule has 0 fully saturated rings. The lowest BCUT2D eigenvalue weighted by atomic mass is 10.3. The summed E-state index contributed by atoms with van der Waals surface area (Å²) in [7, 11) is 1.69. The van der Waals surface area contributed by atoms with Gasteiger partial charge >= 0.3 is 0 Å². The third-order valence-electron chi connectivity index (χ3n) is 2.63. The van der Waals surface area contributed by atoms with Gasteiger partial charge in [0, 0.05) is 29.8 Å². The van der Waals surface area contributed by atoms with Gasteiger partial charge in [0.1, 0.15) is 18.1 Å². The average molecular weight is 353 g/mol. The third-order valence-corrected chi connectivity index (χ3v) is 3.06. The van der Waals surface area contributed by atoms with Crippen molar-refractivity contribution in [3.8, 4) is 5.88 Å². The van der Waals surface area contributed by atoms with Crippen LogP contribution in [0.4, 0.5) is 11.5 Å². The van der Waals surface area contributed by atoms with Crippen LogP contribution in [-0.4, -0.2) is 22.2 Å². The zero-order valence-corrected chi connectivity index (χ0v) is 13.4. The number of anilines is 2. The maximum absolute atomic E-state index is 12.0. The molecular formula is C14H17BrN4O2. The van der Waals surface area contributed by atoms with Gasteiger partial charge in [-0.2, -0.15) is 4.98 Å². The molecule has 0 aliphatic heterocycles. The van der Waals surface area contributed by atoms with Gasteiger partial charge in [0.25, 0.3) is 5.56 Å². The highest BCUT2D eigenvalue weighted by atomic mass is 79.9. The van der Waals surface area contributed by atoms with Gasteiger partial charge in [0.2, 0.25) is 5.88 Å². The first-order valence-corrected chi connectivity index (χ1v) is 7.23. The molecular weight excluding hydrogens is 336 g/mol. The molecule has 6 nitrogen and oxygen atoms in total. The summed E-state index contributed by atoms with van der Waals surface area (Å²) in [4.78, 5) is 16.3. The van der Waals surface area contributed by atoms with Gasteiger partial charge in [0.05, 0.1) is 0 Å². The van der Waals surface area contributed by atoms with Crippen LogP contribution in [0.1, 0.15) is 6.92 Å². The van der Waals surface area contributed by atoms with E-state index in [-0.39, 0.29) is 11.6 Å². The Labute approximate surface area is 131 Å². The van der Waals surface area contributed by atoms with Gasteiger partial charge in [-0.3, -0.25) is 4.79 Å². The number of pyridine rings is 2. The quantitative estimate of drug-likeness (QED) is 0.859. The van der Waals surface area contributed by atoms with Crippen LogP contribution in [0, 0.1) is 0 Å². The summed E-state index contributed by atoms with van der Waals surface area (Å²) < 4.78 is 7.75. The number of halogens is 1. The monoisotopic (exact) mass is 352 g/mol. The van der Waals surface area contributed by atoms with Crippen LogP contribution in [0.5, 0.6) is 5.88 Å².